The molecule has 5 heteroatoms. The summed E-state index contributed by atoms with van der Waals surface area (Å²) in [6.45, 7) is 0. The van der Waals surface area contributed by atoms with E-state index >= 15 is 0 Å². The average Bonchev–Trinajstić information content (AvgIpc) is 2.66. The van der Waals surface area contributed by atoms with E-state index in [2.05, 4.69) is 4.74 Å². The van der Waals surface area contributed by atoms with E-state index in [1.54, 1.807) is 18.2 Å². The summed E-state index contributed by atoms with van der Waals surface area (Å²) in [5, 5.41) is 9.43. The van der Waals surface area contributed by atoms with Crippen LogP contribution in [0.5, 0.6) is 5.06 Å². The normalized spacial score (nSPS) is 10.1. The van der Waals surface area contributed by atoms with Crippen LogP contribution in [0.4, 0.5) is 4.79 Å². The van der Waals surface area contributed by atoms with Gasteiger partial charge in [-0.15, -0.1) is 0 Å². The summed E-state index contributed by atoms with van der Waals surface area (Å²) >= 11 is 7.26. The van der Waals surface area contributed by atoms with Gasteiger partial charge < -0.3 is 9.84 Å². The Morgan fingerprint density at radius 1 is 1.25 bits per heavy atom. The third kappa shape index (κ3) is 2.35. The lowest BCUT2D eigenvalue weighted by atomic mass is 10.2. The van der Waals surface area contributed by atoms with Crippen LogP contribution >= 0.6 is 22.9 Å². The monoisotopic (exact) mass is 254 g/mol. The summed E-state index contributed by atoms with van der Waals surface area (Å²) in [6.07, 6.45) is -1.31. The predicted octanol–water partition coefficient (Wildman–Crippen LogP) is 4.13. The van der Waals surface area contributed by atoms with Gasteiger partial charge in [0.1, 0.15) is 0 Å². The quantitative estimate of drug-likeness (QED) is 0.820. The summed E-state index contributed by atoms with van der Waals surface area (Å²) < 4.78 is 4.55. The van der Waals surface area contributed by atoms with Crippen molar-refractivity contribution in [2.75, 3.05) is 0 Å². The van der Waals surface area contributed by atoms with Crippen molar-refractivity contribution in [1.29, 1.82) is 0 Å². The first-order chi connectivity index (χ1) is 7.66. The Morgan fingerprint density at radius 3 is 2.69 bits per heavy atom. The second kappa shape index (κ2) is 4.55. The van der Waals surface area contributed by atoms with Crippen LogP contribution in [0, 0.1) is 0 Å². The predicted molar refractivity (Wildman–Crippen MR) is 63.4 cm³/mol. The van der Waals surface area contributed by atoms with Crippen molar-refractivity contribution in [2.24, 2.45) is 0 Å². The van der Waals surface area contributed by atoms with E-state index in [1.165, 1.54) is 11.3 Å². The summed E-state index contributed by atoms with van der Waals surface area (Å²) in [5.41, 5.74) is 0.870. The van der Waals surface area contributed by atoms with Gasteiger partial charge in [0, 0.05) is 15.5 Å². The number of hydrogen-bond acceptors (Lipinski definition) is 3. The molecule has 0 radical (unpaired) electrons. The van der Waals surface area contributed by atoms with Gasteiger partial charge in [-0.2, -0.15) is 0 Å². The third-order valence-corrected chi connectivity index (χ3v) is 3.23. The van der Waals surface area contributed by atoms with Crippen LogP contribution in [-0.2, 0) is 0 Å². The fourth-order valence-corrected chi connectivity index (χ4v) is 2.45. The van der Waals surface area contributed by atoms with E-state index in [4.69, 9.17) is 16.7 Å². The molecule has 1 heterocycles. The lowest BCUT2D eigenvalue weighted by Gasteiger charge is -1.99. The van der Waals surface area contributed by atoms with Gasteiger partial charge in [0.05, 0.1) is 0 Å². The molecular weight excluding hydrogens is 248 g/mol. The molecule has 0 aliphatic carbocycles. The van der Waals surface area contributed by atoms with Gasteiger partial charge in [-0.05, 0) is 18.2 Å². The number of benzene rings is 1. The summed E-state index contributed by atoms with van der Waals surface area (Å²) in [6, 6.07) is 10.8. The lowest BCUT2D eigenvalue weighted by molar-refractivity contribution is 0.146. The molecule has 16 heavy (non-hydrogen) atoms. The highest BCUT2D eigenvalue weighted by Gasteiger charge is 2.08. The van der Waals surface area contributed by atoms with Gasteiger partial charge in [-0.3, -0.25) is 0 Å². The number of halogens is 1. The van der Waals surface area contributed by atoms with Crippen LogP contribution in [0.1, 0.15) is 0 Å². The van der Waals surface area contributed by atoms with Gasteiger partial charge in [0.25, 0.3) is 0 Å². The first-order valence-corrected chi connectivity index (χ1v) is 5.62. The minimum absolute atomic E-state index is 0.336. The zero-order valence-corrected chi connectivity index (χ0v) is 9.59. The Hall–Kier alpha value is -1.52. The molecule has 0 fully saturated rings. The van der Waals surface area contributed by atoms with Gasteiger partial charge in [0.2, 0.25) is 0 Å². The van der Waals surface area contributed by atoms with Crippen LogP contribution in [-0.4, -0.2) is 11.3 Å². The van der Waals surface area contributed by atoms with E-state index in [1.807, 2.05) is 18.2 Å². The fourth-order valence-electron chi connectivity index (χ4n) is 1.27. The second-order valence-electron chi connectivity index (χ2n) is 2.97. The molecule has 1 N–H and O–H groups in total. The van der Waals surface area contributed by atoms with Crippen LogP contribution in [0.3, 0.4) is 0 Å². The molecule has 3 nitrogen and oxygen atoms in total. The molecule has 0 unspecified atom stereocenters. The van der Waals surface area contributed by atoms with Crippen LogP contribution < -0.4 is 4.74 Å². The minimum atomic E-state index is -1.31. The molecule has 1 aromatic heterocycles. The summed E-state index contributed by atoms with van der Waals surface area (Å²) in [4.78, 5) is 11.2. The molecule has 0 saturated heterocycles. The second-order valence-corrected chi connectivity index (χ2v) is 4.42. The maximum atomic E-state index is 10.3. The van der Waals surface area contributed by atoms with E-state index in [0.29, 0.717) is 10.1 Å². The highest BCUT2D eigenvalue weighted by molar-refractivity contribution is 7.17. The Kier molecular flexibility index (Phi) is 3.12. The third-order valence-electron chi connectivity index (χ3n) is 1.91. The Balaban J connectivity index is 2.32. The van der Waals surface area contributed by atoms with Crippen molar-refractivity contribution < 1.29 is 14.6 Å². The Labute approximate surface area is 101 Å². The number of thiophene rings is 1. The first kappa shape index (κ1) is 11.0. The molecule has 1 aromatic carbocycles. The van der Waals surface area contributed by atoms with E-state index in [-0.39, 0.29) is 0 Å². The van der Waals surface area contributed by atoms with Crippen molar-refractivity contribution >= 4 is 29.1 Å². The SMILES string of the molecule is O=C(O)Oc1ccc(-c2ccccc2Cl)s1. The Morgan fingerprint density at radius 2 is 2.00 bits per heavy atom. The molecule has 0 saturated carbocycles. The van der Waals surface area contributed by atoms with Crippen molar-refractivity contribution in [2.45, 2.75) is 0 Å². The molecule has 2 aromatic rings. The molecule has 0 spiro atoms. The van der Waals surface area contributed by atoms with Gasteiger partial charge >= 0.3 is 6.16 Å². The zero-order chi connectivity index (χ0) is 11.5. The number of carbonyl (C=O) groups is 1. The lowest BCUT2D eigenvalue weighted by Crippen LogP contribution is -2.00. The van der Waals surface area contributed by atoms with Crippen LogP contribution in [0.15, 0.2) is 36.4 Å². The maximum Gasteiger partial charge on any atom is 0.512 e. The highest BCUT2D eigenvalue weighted by atomic mass is 35.5. The molecule has 0 aliphatic rings. The summed E-state index contributed by atoms with van der Waals surface area (Å²) in [5.74, 6) is 0. The standard InChI is InChI=1S/C11H7ClO3S/c12-8-4-2-1-3-7(8)9-5-6-10(16-9)15-11(13)14/h1-6H,(H,13,14). The largest absolute Gasteiger partial charge is 0.512 e. The molecule has 0 atom stereocenters. The van der Waals surface area contributed by atoms with E-state index in [0.717, 1.165) is 10.4 Å². The van der Waals surface area contributed by atoms with Crippen molar-refractivity contribution in [3.05, 3.63) is 41.4 Å². The number of hydrogen-bond donors (Lipinski definition) is 1. The molecule has 0 amide bonds. The van der Waals surface area contributed by atoms with Crippen LogP contribution in [0.25, 0.3) is 10.4 Å². The number of ether oxygens (including phenoxy) is 1. The first-order valence-electron chi connectivity index (χ1n) is 4.42. The minimum Gasteiger partial charge on any atom is -0.449 e. The maximum absolute atomic E-state index is 10.3. The molecule has 2 rings (SSSR count). The number of carboxylic acid groups (broad SMARTS) is 1. The van der Waals surface area contributed by atoms with Crippen molar-refractivity contribution in [1.82, 2.24) is 0 Å². The zero-order valence-electron chi connectivity index (χ0n) is 8.01. The van der Waals surface area contributed by atoms with Crippen LogP contribution in [0.2, 0.25) is 5.02 Å². The topological polar surface area (TPSA) is 46.5 Å². The van der Waals surface area contributed by atoms with E-state index < -0.39 is 6.16 Å². The molecular formula is C11H7ClO3S. The molecule has 82 valence electrons. The van der Waals surface area contributed by atoms with E-state index in [9.17, 15) is 4.79 Å². The average molecular weight is 255 g/mol. The van der Waals surface area contributed by atoms with Crippen molar-refractivity contribution in [3.63, 3.8) is 0 Å². The fraction of sp³-hybridized carbons (Fsp3) is 0. The smallest absolute Gasteiger partial charge is 0.449 e. The van der Waals surface area contributed by atoms with Crippen molar-refractivity contribution in [3.8, 4) is 15.5 Å². The van der Waals surface area contributed by atoms with Gasteiger partial charge in [-0.1, -0.05) is 41.1 Å². The highest BCUT2D eigenvalue weighted by Crippen LogP contribution is 2.36. The van der Waals surface area contributed by atoms with Gasteiger partial charge in [0.15, 0.2) is 5.06 Å². The molecule has 0 aliphatic heterocycles. The Bertz CT molecular complexity index is 521. The molecule has 0 bridgehead atoms. The summed E-state index contributed by atoms with van der Waals surface area (Å²) in [7, 11) is 0. The van der Waals surface area contributed by atoms with Gasteiger partial charge in [-0.25, -0.2) is 4.79 Å². The number of rotatable bonds is 2.